The van der Waals surface area contributed by atoms with Gasteiger partial charge in [-0.1, -0.05) is 25.5 Å². The van der Waals surface area contributed by atoms with E-state index in [0.717, 1.165) is 41.4 Å². The fourth-order valence-corrected chi connectivity index (χ4v) is 4.10. The molecule has 0 bridgehead atoms. The molecule has 0 radical (unpaired) electrons. The number of aliphatic hydroxyl groups is 1. The van der Waals surface area contributed by atoms with Crippen molar-refractivity contribution in [2.45, 2.75) is 45.2 Å². The summed E-state index contributed by atoms with van der Waals surface area (Å²) in [5.41, 5.74) is 4.31. The summed E-state index contributed by atoms with van der Waals surface area (Å²) in [6.07, 6.45) is 6.20. The number of pyridine rings is 1. The van der Waals surface area contributed by atoms with E-state index in [1.165, 1.54) is 5.56 Å². The molecule has 0 spiro atoms. The minimum absolute atomic E-state index is 0.0229. The Bertz CT molecular complexity index is 1090. The van der Waals surface area contributed by atoms with Gasteiger partial charge in [-0.15, -0.1) is 0 Å². The van der Waals surface area contributed by atoms with Crippen LogP contribution in [0.25, 0.3) is 11.0 Å². The van der Waals surface area contributed by atoms with Gasteiger partial charge in [0, 0.05) is 30.2 Å². The van der Waals surface area contributed by atoms with Gasteiger partial charge >= 0.3 is 0 Å². The molecule has 3 N–H and O–H groups in total. The van der Waals surface area contributed by atoms with Gasteiger partial charge in [0.25, 0.3) is 5.91 Å². The second kappa shape index (κ2) is 9.26. The van der Waals surface area contributed by atoms with Crippen molar-refractivity contribution in [3.8, 4) is 0 Å². The van der Waals surface area contributed by atoms with Crippen LogP contribution in [0.4, 0.5) is 0 Å². The minimum atomic E-state index is -0.258. The molecule has 1 atom stereocenters. The standard InChI is InChI=1S/C23H27N5O3/c1-2-4-18(14-29)26-23(31)16-6-3-5-15(9-16)10-21(30)28-8-7-19-17(13-28)11-24-22-20(19)12-25-27-22/h3,5-6,9,11-12,18,29H,2,4,7-8,10,13-14H2,1H3,(H,26,31)(H,24,25,27)/t18-/m1/s1. The second-order valence-corrected chi connectivity index (χ2v) is 7.98. The molecule has 0 saturated heterocycles. The van der Waals surface area contributed by atoms with E-state index in [2.05, 4.69) is 20.5 Å². The monoisotopic (exact) mass is 421 g/mol. The predicted molar refractivity (Wildman–Crippen MR) is 116 cm³/mol. The van der Waals surface area contributed by atoms with Gasteiger partial charge in [-0.25, -0.2) is 4.98 Å². The van der Waals surface area contributed by atoms with E-state index in [1.54, 1.807) is 24.4 Å². The number of aromatic nitrogens is 3. The van der Waals surface area contributed by atoms with Crippen LogP contribution < -0.4 is 5.32 Å². The number of amides is 2. The second-order valence-electron chi connectivity index (χ2n) is 7.98. The number of carbonyl (C=O) groups excluding carboxylic acids is 2. The number of hydrogen-bond donors (Lipinski definition) is 3. The third-order valence-corrected chi connectivity index (χ3v) is 5.76. The lowest BCUT2D eigenvalue weighted by molar-refractivity contribution is -0.131. The fraction of sp³-hybridized carbons (Fsp3) is 0.391. The molecular weight excluding hydrogens is 394 g/mol. The zero-order chi connectivity index (χ0) is 21.8. The maximum absolute atomic E-state index is 12.9. The molecule has 2 aromatic heterocycles. The summed E-state index contributed by atoms with van der Waals surface area (Å²) >= 11 is 0. The first-order valence-electron chi connectivity index (χ1n) is 10.7. The van der Waals surface area contributed by atoms with Crippen LogP contribution >= 0.6 is 0 Å². The van der Waals surface area contributed by atoms with Crippen LogP contribution in [0, 0.1) is 0 Å². The van der Waals surface area contributed by atoms with Gasteiger partial charge in [0.15, 0.2) is 5.65 Å². The number of hydrogen-bond acceptors (Lipinski definition) is 5. The Morgan fingerprint density at radius 1 is 1.32 bits per heavy atom. The van der Waals surface area contributed by atoms with Gasteiger partial charge in [0.1, 0.15) is 0 Å². The zero-order valence-corrected chi connectivity index (χ0v) is 17.6. The molecule has 1 aliphatic rings. The molecular formula is C23H27N5O3. The SMILES string of the molecule is CCC[C@H](CO)NC(=O)c1cccc(CC(=O)N2CCc3c(cnc4[nH]ncc34)C2)c1. The van der Waals surface area contributed by atoms with E-state index < -0.39 is 0 Å². The Morgan fingerprint density at radius 2 is 2.19 bits per heavy atom. The van der Waals surface area contributed by atoms with Crippen molar-refractivity contribution in [1.82, 2.24) is 25.4 Å². The van der Waals surface area contributed by atoms with Crippen LogP contribution in [0.1, 0.15) is 46.8 Å². The average molecular weight is 422 g/mol. The van der Waals surface area contributed by atoms with E-state index in [-0.39, 0.29) is 30.9 Å². The number of nitrogens with zero attached hydrogens (tertiary/aromatic N) is 3. The molecule has 2 amide bonds. The lowest BCUT2D eigenvalue weighted by Gasteiger charge is -2.29. The molecule has 0 saturated carbocycles. The molecule has 3 aromatic rings. The van der Waals surface area contributed by atoms with E-state index >= 15 is 0 Å². The number of H-pyrrole nitrogens is 1. The summed E-state index contributed by atoms with van der Waals surface area (Å²) in [4.78, 5) is 31.7. The van der Waals surface area contributed by atoms with Gasteiger partial charge in [-0.2, -0.15) is 5.10 Å². The van der Waals surface area contributed by atoms with Gasteiger partial charge in [0.2, 0.25) is 5.91 Å². The van der Waals surface area contributed by atoms with Crippen LogP contribution in [-0.2, 0) is 24.2 Å². The highest BCUT2D eigenvalue weighted by Gasteiger charge is 2.23. The van der Waals surface area contributed by atoms with E-state index in [1.807, 2.05) is 24.1 Å². The molecule has 0 fully saturated rings. The number of rotatable bonds is 7. The molecule has 31 heavy (non-hydrogen) atoms. The molecule has 8 nitrogen and oxygen atoms in total. The van der Waals surface area contributed by atoms with E-state index in [0.29, 0.717) is 18.7 Å². The van der Waals surface area contributed by atoms with Gasteiger partial charge in [0.05, 0.1) is 25.3 Å². The van der Waals surface area contributed by atoms with Crippen molar-refractivity contribution < 1.29 is 14.7 Å². The van der Waals surface area contributed by atoms with Gasteiger partial charge in [-0.05, 0) is 41.7 Å². The van der Waals surface area contributed by atoms with Crippen LogP contribution in [0.2, 0.25) is 0 Å². The summed E-state index contributed by atoms with van der Waals surface area (Å²) in [5.74, 6) is -0.210. The smallest absolute Gasteiger partial charge is 0.251 e. The summed E-state index contributed by atoms with van der Waals surface area (Å²) in [6.45, 7) is 3.09. The summed E-state index contributed by atoms with van der Waals surface area (Å²) in [6, 6.07) is 6.87. The lowest BCUT2D eigenvalue weighted by atomic mass is 9.98. The summed E-state index contributed by atoms with van der Waals surface area (Å²) in [5, 5.41) is 20.2. The number of fused-ring (bicyclic) bond motifs is 3. The molecule has 0 unspecified atom stereocenters. The topological polar surface area (TPSA) is 111 Å². The first-order chi connectivity index (χ1) is 15.1. The van der Waals surface area contributed by atoms with Gasteiger partial charge < -0.3 is 15.3 Å². The van der Waals surface area contributed by atoms with Crippen LogP contribution in [0.3, 0.4) is 0 Å². The van der Waals surface area contributed by atoms with E-state index in [4.69, 9.17) is 0 Å². The summed E-state index contributed by atoms with van der Waals surface area (Å²) in [7, 11) is 0. The van der Waals surface area contributed by atoms with Crippen LogP contribution in [0.15, 0.2) is 36.7 Å². The summed E-state index contributed by atoms with van der Waals surface area (Å²) < 4.78 is 0. The quantitative estimate of drug-likeness (QED) is 0.540. The highest BCUT2D eigenvalue weighted by molar-refractivity contribution is 5.94. The lowest BCUT2D eigenvalue weighted by Crippen LogP contribution is -2.38. The maximum atomic E-state index is 12.9. The van der Waals surface area contributed by atoms with Crippen molar-refractivity contribution in [1.29, 1.82) is 0 Å². The fourth-order valence-electron chi connectivity index (χ4n) is 4.10. The Labute approximate surface area is 180 Å². The zero-order valence-electron chi connectivity index (χ0n) is 17.6. The van der Waals surface area contributed by atoms with Crippen molar-refractivity contribution in [3.63, 3.8) is 0 Å². The first-order valence-corrected chi connectivity index (χ1v) is 10.7. The van der Waals surface area contributed by atoms with Gasteiger partial charge in [-0.3, -0.25) is 14.7 Å². The maximum Gasteiger partial charge on any atom is 0.251 e. The third kappa shape index (κ3) is 4.59. The third-order valence-electron chi connectivity index (χ3n) is 5.76. The van der Waals surface area contributed by atoms with E-state index in [9.17, 15) is 14.7 Å². The Hall–Kier alpha value is -3.26. The molecule has 8 heteroatoms. The van der Waals surface area contributed by atoms with Crippen molar-refractivity contribution in [3.05, 3.63) is 58.9 Å². The Kier molecular flexibility index (Phi) is 6.27. The molecule has 3 heterocycles. The van der Waals surface area contributed by atoms with Crippen molar-refractivity contribution in [2.75, 3.05) is 13.2 Å². The molecule has 1 aliphatic heterocycles. The highest BCUT2D eigenvalue weighted by Crippen LogP contribution is 2.25. The number of benzene rings is 1. The minimum Gasteiger partial charge on any atom is -0.394 e. The number of aliphatic hydroxyl groups excluding tert-OH is 1. The number of nitrogens with one attached hydrogen (secondary N) is 2. The predicted octanol–water partition coefficient (Wildman–Crippen LogP) is 1.98. The largest absolute Gasteiger partial charge is 0.394 e. The van der Waals surface area contributed by atoms with Crippen LogP contribution in [0.5, 0.6) is 0 Å². The van der Waals surface area contributed by atoms with Crippen LogP contribution in [-0.4, -0.2) is 56.2 Å². The number of aromatic amines is 1. The first kappa shape index (κ1) is 21.0. The van der Waals surface area contributed by atoms with Crippen molar-refractivity contribution in [2.24, 2.45) is 0 Å². The molecule has 1 aromatic carbocycles. The Morgan fingerprint density at radius 3 is 3.00 bits per heavy atom. The van der Waals surface area contributed by atoms with Crippen molar-refractivity contribution >= 4 is 22.8 Å². The molecule has 4 rings (SSSR count). The number of carbonyl (C=O) groups is 2. The Balaban J connectivity index is 1.42. The average Bonchev–Trinajstić information content (AvgIpc) is 3.28. The molecule has 162 valence electrons. The molecule has 0 aliphatic carbocycles. The highest BCUT2D eigenvalue weighted by atomic mass is 16.3. The normalized spacial score (nSPS) is 14.3.